The Morgan fingerprint density at radius 3 is 2.55 bits per heavy atom. The van der Waals surface area contributed by atoms with Crippen LogP contribution in [0.25, 0.3) is 0 Å². The van der Waals surface area contributed by atoms with Gasteiger partial charge < -0.3 is 14.8 Å². The molecule has 3 rings (SSSR count). The van der Waals surface area contributed by atoms with E-state index in [-0.39, 0.29) is 17.3 Å². The topological polar surface area (TPSA) is 88.2 Å². The van der Waals surface area contributed by atoms with Gasteiger partial charge in [0.05, 0.1) is 30.9 Å². The Labute approximate surface area is 183 Å². The van der Waals surface area contributed by atoms with E-state index < -0.39 is 10.0 Å². The number of hydrogen-bond acceptors (Lipinski definition) is 6. The number of benzene rings is 2. The molecule has 1 aliphatic heterocycles. The normalized spacial score (nSPS) is 14.8. The second-order valence-corrected chi connectivity index (χ2v) is 9.19. The summed E-state index contributed by atoms with van der Waals surface area (Å²) in [6.45, 7) is 5.72. The maximum absolute atomic E-state index is 13.4. The number of hydrogen-bond donors (Lipinski definition) is 1. The zero-order valence-electron chi connectivity index (χ0n) is 17.9. The molecule has 168 valence electrons. The van der Waals surface area contributed by atoms with Gasteiger partial charge in [0.25, 0.3) is 10.0 Å². The third-order valence-corrected chi connectivity index (χ3v) is 6.88. The van der Waals surface area contributed by atoms with Crippen LogP contribution in [-0.2, 0) is 19.6 Å². The Bertz CT molecular complexity index is 973. The van der Waals surface area contributed by atoms with Crippen molar-refractivity contribution >= 4 is 21.6 Å². The van der Waals surface area contributed by atoms with Crippen LogP contribution in [0.15, 0.2) is 53.4 Å². The standard InChI is InChI=1S/C22H29N3O5S/c1-18-6-8-21(9-7-18)31(27,28)25(19-4-3-5-20(16-19)29-2)17-22(26)23-10-11-24-12-14-30-15-13-24/h3-9,16H,10-15,17H2,1-2H3,(H,23,26). The molecule has 0 radical (unpaired) electrons. The number of anilines is 1. The molecule has 1 saturated heterocycles. The van der Waals surface area contributed by atoms with Crippen molar-refractivity contribution < 1.29 is 22.7 Å². The predicted molar refractivity (Wildman–Crippen MR) is 119 cm³/mol. The van der Waals surface area contributed by atoms with Crippen LogP contribution >= 0.6 is 0 Å². The maximum atomic E-state index is 13.4. The molecule has 31 heavy (non-hydrogen) atoms. The summed E-state index contributed by atoms with van der Waals surface area (Å²) in [6, 6.07) is 13.2. The number of rotatable bonds is 9. The lowest BCUT2D eigenvalue weighted by atomic mass is 10.2. The maximum Gasteiger partial charge on any atom is 0.264 e. The largest absolute Gasteiger partial charge is 0.497 e. The fraction of sp³-hybridized carbons (Fsp3) is 0.409. The van der Waals surface area contributed by atoms with Gasteiger partial charge in [0.2, 0.25) is 5.91 Å². The molecule has 2 aromatic carbocycles. The fourth-order valence-electron chi connectivity index (χ4n) is 3.28. The summed E-state index contributed by atoms with van der Waals surface area (Å²) in [5.74, 6) is 0.140. The molecule has 0 bridgehead atoms. The molecule has 8 nitrogen and oxygen atoms in total. The van der Waals surface area contributed by atoms with Crippen molar-refractivity contribution in [1.29, 1.82) is 0 Å². The minimum Gasteiger partial charge on any atom is -0.497 e. The van der Waals surface area contributed by atoms with Gasteiger partial charge in [-0.2, -0.15) is 0 Å². The number of carbonyl (C=O) groups is 1. The van der Waals surface area contributed by atoms with Crippen LogP contribution in [0, 0.1) is 6.92 Å². The lowest BCUT2D eigenvalue weighted by Crippen LogP contribution is -2.44. The molecule has 2 aromatic rings. The van der Waals surface area contributed by atoms with Crippen molar-refractivity contribution in [3.05, 3.63) is 54.1 Å². The van der Waals surface area contributed by atoms with Gasteiger partial charge in [-0.15, -0.1) is 0 Å². The van der Waals surface area contributed by atoms with Gasteiger partial charge in [0.15, 0.2) is 0 Å². The summed E-state index contributed by atoms with van der Waals surface area (Å²) < 4.78 is 38.4. The summed E-state index contributed by atoms with van der Waals surface area (Å²) in [7, 11) is -2.44. The fourth-order valence-corrected chi connectivity index (χ4v) is 4.70. The highest BCUT2D eigenvalue weighted by Crippen LogP contribution is 2.27. The first kappa shape index (κ1) is 23.1. The van der Waals surface area contributed by atoms with Gasteiger partial charge in [-0.25, -0.2) is 8.42 Å². The van der Waals surface area contributed by atoms with Crippen molar-refractivity contribution in [3.63, 3.8) is 0 Å². The molecule has 0 saturated carbocycles. The molecular formula is C22H29N3O5S. The van der Waals surface area contributed by atoms with E-state index in [4.69, 9.17) is 9.47 Å². The van der Waals surface area contributed by atoms with Crippen LogP contribution in [0.2, 0.25) is 0 Å². The average molecular weight is 448 g/mol. The molecule has 0 unspecified atom stereocenters. The van der Waals surface area contributed by atoms with E-state index in [1.807, 2.05) is 6.92 Å². The van der Waals surface area contributed by atoms with Crippen LogP contribution in [0.4, 0.5) is 5.69 Å². The van der Waals surface area contributed by atoms with E-state index in [2.05, 4.69) is 10.2 Å². The molecule has 0 spiro atoms. The molecule has 1 heterocycles. The number of ether oxygens (including phenoxy) is 2. The van der Waals surface area contributed by atoms with E-state index in [1.165, 1.54) is 7.11 Å². The first-order valence-corrected chi connectivity index (χ1v) is 11.6. The number of nitrogens with zero attached hydrogens (tertiary/aromatic N) is 2. The Morgan fingerprint density at radius 1 is 1.16 bits per heavy atom. The Kier molecular flexibility index (Phi) is 7.89. The quantitative estimate of drug-likeness (QED) is 0.629. The highest BCUT2D eigenvalue weighted by molar-refractivity contribution is 7.92. The summed E-state index contributed by atoms with van der Waals surface area (Å²) in [4.78, 5) is 15.0. The van der Waals surface area contributed by atoms with E-state index >= 15 is 0 Å². The molecule has 1 fully saturated rings. The van der Waals surface area contributed by atoms with E-state index in [9.17, 15) is 13.2 Å². The molecule has 1 amide bonds. The third-order valence-electron chi connectivity index (χ3n) is 5.09. The second kappa shape index (κ2) is 10.6. The lowest BCUT2D eigenvalue weighted by Gasteiger charge is -2.27. The monoisotopic (exact) mass is 447 g/mol. The minimum atomic E-state index is -3.95. The lowest BCUT2D eigenvalue weighted by molar-refractivity contribution is -0.119. The first-order chi connectivity index (χ1) is 14.9. The number of nitrogens with one attached hydrogen (secondary N) is 1. The van der Waals surface area contributed by atoms with Crippen molar-refractivity contribution in [2.24, 2.45) is 0 Å². The zero-order valence-corrected chi connectivity index (χ0v) is 18.7. The summed E-state index contributed by atoms with van der Waals surface area (Å²) in [5, 5.41) is 2.83. The van der Waals surface area contributed by atoms with Crippen molar-refractivity contribution in [2.75, 3.05) is 57.4 Å². The van der Waals surface area contributed by atoms with Crippen LogP contribution < -0.4 is 14.4 Å². The molecule has 0 atom stereocenters. The van der Waals surface area contributed by atoms with Crippen LogP contribution in [0.5, 0.6) is 5.75 Å². The SMILES string of the molecule is COc1cccc(N(CC(=O)NCCN2CCOCC2)S(=O)(=O)c2ccc(C)cc2)c1. The molecule has 0 aromatic heterocycles. The molecular weight excluding hydrogens is 418 g/mol. The molecule has 0 aliphatic carbocycles. The van der Waals surface area contributed by atoms with Crippen LogP contribution in [0.3, 0.4) is 0 Å². The first-order valence-electron chi connectivity index (χ1n) is 10.2. The van der Waals surface area contributed by atoms with E-state index in [1.54, 1.807) is 48.5 Å². The summed E-state index contributed by atoms with van der Waals surface area (Å²) >= 11 is 0. The summed E-state index contributed by atoms with van der Waals surface area (Å²) in [6.07, 6.45) is 0. The second-order valence-electron chi connectivity index (χ2n) is 7.33. The number of sulfonamides is 1. The van der Waals surface area contributed by atoms with Gasteiger partial charge in [-0.1, -0.05) is 23.8 Å². The van der Waals surface area contributed by atoms with Gasteiger partial charge in [0.1, 0.15) is 12.3 Å². The Hall–Kier alpha value is -2.62. The molecule has 9 heteroatoms. The van der Waals surface area contributed by atoms with Gasteiger partial charge in [-0.3, -0.25) is 14.0 Å². The van der Waals surface area contributed by atoms with Gasteiger partial charge in [0, 0.05) is 32.2 Å². The smallest absolute Gasteiger partial charge is 0.264 e. The number of morpholine rings is 1. The van der Waals surface area contributed by atoms with Gasteiger partial charge in [-0.05, 0) is 31.2 Å². The van der Waals surface area contributed by atoms with Crippen molar-refractivity contribution in [2.45, 2.75) is 11.8 Å². The predicted octanol–water partition coefficient (Wildman–Crippen LogP) is 1.65. The Balaban J connectivity index is 1.76. The summed E-state index contributed by atoms with van der Waals surface area (Å²) in [5.41, 5.74) is 1.32. The number of aryl methyl sites for hydroxylation is 1. The van der Waals surface area contributed by atoms with E-state index in [0.29, 0.717) is 37.7 Å². The highest BCUT2D eigenvalue weighted by atomic mass is 32.2. The minimum absolute atomic E-state index is 0.127. The van der Waals surface area contributed by atoms with E-state index in [0.717, 1.165) is 23.0 Å². The highest BCUT2D eigenvalue weighted by Gasteiger charge is 2.27. The Morgan fingerprint density at radius 2 is 1.87 bits per heavy atom. The average Bonchev–Trinajstić information content (AvgIpc) is 2.78. The molecule has 1 aliphatic rings. The third kappa shape index (κ3) is 6.19. The van der Waals surface area contributed by atoms with Crippen LogP contribution in [-0.4, -0.2) is 72.3 Å². The van der Waals surface area contributed by atoms with Crippen LogP contribution in [0.1, 0.15) is 5.56 Å². The molecule has 1 N–H and O–H groups in total. The van der Waals surface area contributed by atoms with Crippen molar-refractivity contribution in [1.82, 2.24) is 10.2 Å². The number of methoxy groups -OCH3 is 1. The zero-order chi connectivity index (χ0) is 22.3. The van der Waals surface area contributed by atoms with Crippen molar-refractivity contribution in [3.8, 4) is 5.75 Å². The number of carbonyl (C=O) groups excluding carboxylic acids is 1. The van der Waals surface area contributed by atoms with Gasteiger partial charge >= 0.3 is 0 Å². The number of amides is 1.